The van der Waals surface area contributed by atoms with Crippen LogP contribution in [0.25, 0.3) is 0 Å². The number of unbranched alkanes of at least 4 members (excludes halogenated alkanes) is 2. The Hall–Kier alpha value is -0.570. The molecule has 0 saturated heterocycles. The van der Waals surface area contributed by atoms with Gasteiger partial charge in [-0.25, -0.2) is 0 Å². The smallest absolute Gasteiger partial charge is 0.223 e. The van der Waals surface area contributed by atoms with E-state index in [0.717, 1.165) is 45.2 Å². The van der Waals surface area contributed by atoms with Crippen molar-refractivity contribution in [3.8, 4) is 0 Å². The minimum absolute atomic E-state index is 0.287. The van der Waals surface area contributed by atoms with Crippen molar-refractivity contribution >= 4 is 5.91 Å². The molecule has 16 heavy (non-hydrogen) atoms. The molecule has 1 fully saturated rings. The van der Waals surface area contributed by atoms with Gasteiger partial charge >= 0.3 is 0 Å². The minimum atomic E-state index is 0.287. The van der Waals surface area contributed by atoms with E-state index in [1.807, 2.05) is 0 Å². The quantitative estimate of drug-likeness (QED) is 0.539. The van der Waals surface area contributed by atoms with Crippen LogP contribution in [0.2, 0.25) is 0 Å². The van der Waals surface area contributed by atoms with Gasteiger partial charge < -0.3 is 11.1 Å². The Kier molecular flexibility index (Phi) is 7.23. The van der Waals surface area contributed by atoms with E-state index in [0.29, 0.717) is 0 Å². The summed E-state index contributed by atoms with van der Waals surface area (Å²) < 4.78 is 0. The highest BCUT2D eigenvalue weighted by atomic mass is 16.1. The molecule has 0 aromatic carbocycles. The van der Waals surface area contributed by atoms with Crippen LogP contribution in [0.5, 0.6) is 0 Å². The molecule has 0 aliphatic heterocycles. The van der Waals surface area contributed by atoms with Crippen molar-refractivity contribution in [1.29, 1.82) is 0 Å². The third-order valence-electron chi connectivity index (χ3n) is 3.41. The number of nitrogens with two attached hydrogens (primary N) is 1. The van der Waals surface area contributed by atoms with Crippen molar-refractivity contribution in [2.75, 3.05) is 13.1 Å². The Labute approximate surface area is 99.2 Å². The van der Waals surface area contributed by atoms with E-state index in [4.69, 9.17) is 5.73 Å². The fraction of sp³-hybridized carbons (Fsp3) is 0.923. The molecule has 3 heteroatoms. The maximum Gasteiger partial charge on any atom is 0.223 e. The van der Waals surface area contributed by atoms with Crippen molar-refractivity contribution < 1.29 is 4.79 Å². The molecule has 0 aromatic rings. The summed E-state index contributed by atoms with van der Waals surface area (Å²) in [5, 5.41) is 3.06. The van der Waals surface area contributed by atoms with Crippen LogP contribution in [0.4, 0.5) is 0 Å². The van der Waals surface area contributed by atoms with Crippen LogP contribution in [0, 0.1) is 5.92 Å². The summed E-state index contributed by atoms with van der Waals surface area (Å²) in [5.74, 6) is 0.576. The van der Waals surface area contributed by atoms with E-state index < -0.39 is 0 Å². The summed E-state index contributed by atoms with van der Waals surface area (Å²) in [6.45, 7) is 1.59. The molecular weight excluding hydrogens is 200 g/mol. The second kappa shape index (κ2) is 8.57. The van der Waals surface area contributed by atoms with Gasteiger partial charge in [-0.05, 0) is 32.2 Å². The molecule has 0 aromatic heterocycles. The second-order valence-corrected chi connectivity index (χ2v) is 4.83. The van der Waals surface area contributed by atoms with Crippen LogP contribution in [0.15, 0.2) is 0 Å². The first-order valence-electron chi connectivity index (χ1n) is 6.82. The molecule has 1 amide bonds. The monoisotopic (exact) mass is 226 g/mol. The van der Waals surface area contributed by atoms with Crippen LogP contribution in [0.3, 0.4) is 0 Å². The Morgan fingerprint density at radius 3 is 2.38 bits per heavy atom. The van der Waals surface area contributed by atoms with Gasteiger partial charge in [0.2, 0.25) is 5.91 Å². The lowest BCUT2D eigenvalue weighted by Gasteiger charge is -2.13. The normalized spacial score (nSPS) is 18.1. The van der Waals surface area contributed by atoms with Crippen molar-refractivity contribution in [2.24, 2.45) is 11.7 Å². The topological polar surface area (TPSA) is 55.1 Å². The molecule has 3 nitrogen and oxygen atoms in total. The third-order valence-corrected chi connectivity index (χ3v) is 3.41. The van der Waals surface area contributed by atoms with E-state index in [2.05, 4.69) is 5.32 Å². The molecule has 1 aliphatic rings. The first-order chi connectivity index (χ1) is 7.84. The lowest BCUT2D eigenvalue weighted by atomic mass is 9.99. The summed E-state index contributed by atoms with van der Waals surface area (Å²) in [4.78, 5) is 11.8. The molecule has 94 valence electrons. The number of carbonyl (C=O) groups excluding carboxylic acids is 1. The molecule has 1 aliphatic carbocycles. The zero-order valence-electron chi connectivity index (χ0n) is 10.3. The highest BCUT2D eigenvalue weighted by Gasteiger charge is 2.19. The van der Waals surface area contributed by atoms with E-state index in [1.54, 1.807) is 0 Å². The molecule has 1 rings (SSSR count). The van der Waals surface area contributed by atoms with Crippen LogP contribution >= 0.6 is 0 Å². The molecule has 1 saturated carbocycles. The van der Waals surface area contributed by atoms with E-state index in [1.165, 1.54) is 25.7 Å². The van der Waals surface area contributed by atoms with Gasteiger partial charge in [-0.15, -0.1) is 0 Å². The molecule has 0 unspecified atom stereocenters. The summed E-state index contributed by atoms with van der Waals surface area (Å²) >= 11 is 0. The van der Waals surface area contributed by atoms with E-state index in [-0.39, 0.29) is 11.8 Å². The molecule has 0 atom stereocenters. The fourth-order valence-corrected chi connectivity index (χ4v) is 2.34. The predicted molar refractivity (Wildman–Crippen MR) is 67.1 cm³/mol. The first kappa shape index (κ1) is 13.5. The van der Waals surface area contributed by atoms with Gasteiger partial charge in [0.25, 0.3) is 0 Å². The van der Waals surface area contributed by atoms with Gasteiger partial charge in [0.1, 0.15) is 0 Å². The maximum absolute atomic E-state index is 11.8. The zero-order chi connectivity index (χ0) is 11.6. The molecule has 3 N–H and O–H groups in total. The first-order valence-corrected chi connectivity index (χ1v) is 6.82. The highest BCUT2D eigenvalue weighted by Crippen LogP contribution is 2.22. The number of amides is 1. The number of nitrogens with one attached hydrogen (secondary N) is 1. The number of carbonyl (C=O) groups is 1. The van der Waals surface area contributed by atoms with Crippen molar-refractivity contribution in [3.63, 3.8) is 0 Å². The SMILES string of the molecule is NCCCCCNC(=O)C1CCCCCC1. The summed E-state index contributed by atoms with van der Waals surface area (Å²) in [7, 11) is 0. The minimum Gasteiger partial charge on any atom is -0.356 e. The van der Waals surface area contributed by atoms with Crippen LogP contribution in [0.1, 0.15) is 57.8 Å². The van der Waals surface area contributed by atoms with Crippen LogP contribution in [-0.4, -0.2) is 19.0 Å². The van der Waals surface area contributed by atoms with Gasteiger partial charge in [-0.1, -0.05) is 32.1 Å². The molecule has 0 spiro atoms. The number of hydrogen-bond acceptors (Lipinski definition) is 2. The van der Waals surface area contributed by atoms with Gasteiger partial charge in [0.05, 0.1) is 0 Å². The fourth-order valence-electron chi connectivity index (χ4n) is 2.34. The molecule has 0 radical (unpaired) electrons. The summed E-state index contributed by atoms with van der Waals surface area (Å²) in [5.41, 5.74) is 5.42. The van der Waals surface area contributed by atoms with Gasteiger partial charge in [0, 0.05) is 12.5 Å². The molecule has 0 heterocycles. The van der Waals surface area contributed by atoms with Crippen molar-refractivity contribution in [2.45, 2.75) is 57.8 Å². The predicted octanol–water partition coefficient (Wildman–Crippen LogP) is 2.20. The Morgan fingerprint density at radius 2 is 1.75 bits per heavy atom. The van der Waals surface area contributed by atoms with Crippen LogP contribution < -0.4 is 11.1 Å². The number of rotatable bonds is 6. The average Bonchev–Trinajstić information content (AvgIpc) is 2.57. The molecular formula is C13H26N2O. The lowest BCUT2D eigenvalue weighted by Crippen LogP contribution is -2.31. The van der Waals surface area contributed by atoms with Gasteiger partial charge in [-0.2, -0.15) is 0 Å². The van der Waals surface area contributed by atoms with Gasteiger partial charge in [0.15, 0.2) is 0 Å². The van der Waals surface area contributed by atoms with Gasteiger partial charge in [-0.3, -0.25) is 4.79 Å². The Morgan fingerprint density at radius 1 is 1.06 bits per heavy atom. The second-order valence-electron chi connectivity index (χ2n) is 4.83. The zero-order valence-corrected chi connectivity index (χ0v) is 10.3. The lowest BCUT2D eigenvalue weighted by molar-refractivity contribution is -0.125. The Bertz CT molecular complexity index is 186. The highest BCUT2D eigenvalue weighted by molar-refractivity contribution is 5.78. The average molecular weight is 226 g/mol. The van der Waals surface area contributed by atoms with Crippen LogP contribution in [-0.2, 0) is 4.79 Å². The number of hydrogen-bond donors (Lipinski definition) is 2. The van der Waals surface area contributed by atoms with E-state index in [9.17, 15) is 4.79 Å². The van der Waals surface area contributed by atoms with Crippen molar-refractivity contribution in [1.82, 2.24) is 5.32 Å². The standard InChI is InChI=1S/C13H26N2O/c14-10-6-3-7-11-15-13(16)12-8-4-1-2-5-9-12/h12H,1-11,14H2,(H,15,16). The Balaban J connectivity index is 2.08. The van der Waals surface area contributed by atoms with E-state index >= 15 is 0 Å². The summed E-state index contributed by atoms with van der Waals surface area (Å²) in [6.07, 6.45) is 10.5. The summed E-state index contributed by atoms with van der Waals surface area (Å²) in [6, 6.07) is 0. The molecule has 0 bridgehead atoms. The van der Waals surface area contributed by atoms with Crippen molar-refractivity contribution in [3.05, 3.63) is 0 Å². The third kappa shape index (κ3) is 5.50. The largest absolute Gasteiger partial charge is 0.356 e. The maximum atomic E-state index is 11.8.